The summed E-state index contributed by atoms with van der Waals surface area (Å²) >= 11 is 6.04. The smallest absolute Gasteiger partial charge is 0.176 e. The second-order valence-electron chi connectivity index (χ2n) is 5.41. The van der Waals surface area contributed by atoms with E-state index in [1.165, 1.54) is 7.11 Å². The highest BCUT2D eigenvalue weighted by Crippen LogP contribution is 2.35. The number of ether oxygens (including phenoxy) is 1. The van der Waals surface area contributed by atoms with Gasteiger partial charge in [0.05, 0.1) is 12.1 Å². The molecule has 0 aliphatic carbocycles. The SMILES string of the molecule is CCC1CN(Cc2cc(Cl)c(O)c(OC)c2)CCN1C. The molecule has 1 aliphatic rings. The average Bonchev–Trinajstić information content (AvgIpc) is 2.44. The number of piperazine rings is 1. The Morgan fingerprint density at radius 1 is 1.40 bits per heavy atom. The molecular weight excluding hydrogens is 276 g/mol. The molecule has 0 spiro atoms. The summed E-state index contributed by atoms with van der Waals surface area (Å²) in [6, 6.07) is 4.29. The molecule has 1 saturated heterocycles. The van der Waals surface area contributed by atoms with Crippen LogP contribution in [0.4, 0.5) is 0 Å². The third-order valence-electron chi connectivity index (χ3n) is 4.05. The lowest BCUT2D eigenvalue weighted by atomic mass is 10.1. The molecule has 1 aromatic rings. The number of hydrogen-bond donors (Lipinski definition) is 1. The van der Waals surface area contributed by atoms with E-state index >= 15 is 0 Å². The minimum Gasteiger partial charge on any atom is -0.503 e. The fourth-order valence-electron chi connectivity index (χ4n) is 2.73. The van der Waals surface area contributed by atoms with Crippen LogP contribution in [0.5, 0.6) is 11.5 Å². The summed E-state index contributed by atoms with van der Waals surface area (Å²) in [5.74, 6) is 0.455. The van der Waals surface area contributed by atoms with Gasteiger partial charge in [0.2, 0.25) is 0 Å². The summed E-state index contributed by atoms with van der Waals surface area (Å²) < 4.78 is 5.15. The summed E-state index contributed by atoms with van der Waals surface area (Å²) in [5, 5.41) is 10.1. The van der Waals surface area contributed by atoms with Crippen LogP contribution in [0.15, 0.2) is 12.1 Å². The van der Waals surface area contributed by atoms with Crippen LogP contribution in [0, 0.1) is 0 Å². The van der Waals surface area contributed by atoms with Crippen LogP contribution in [-0.2, 0) is 6.54 Å². The van der Waals surface area contributed by atoms with Crippen LogP contribution in [0.3, 0.4) is 0 Å². The van der Waals surface area contributed by atoms with Gasteiger partial charge in [0.1, 0.15) is 0 Å². The maximum atomic E-state index is 9.77. The number of phenols is 1. The van der Waals surface area contributed by atoms with Crippen molar-refractivity contribution in [2.24, 2.45) is 0 Å². The molecular formula is C15H23ClN2O2. The molecule has 0 aromatic heterocycles. The average molecular weight is 299 g/mol. The molecule has 1 aliphatic heterocycles. The fourth-order valence-corrected chi connectivity index (χ4v) is 2.96. The van der Waals surface area contributed by atoms with Gasteiger partial charge < -0.3 is 14.7 Å². The molecule has 5 heteroatoms. The van der Waals surface area contributed by atoms with Gasteiger partial charge in [0.15, 0.2) is 11.5 Å². The van der Waals surface area contributed by atoms with E-state index in [4.69, 9.17) is 16.3 Å². The molecule has 0 amide bonds. The molecule has 0 radical (unpaired) electrons. The van der Waals surface area contributed by atoms with Crippen molar-refractivity contribution in [3.8, 4) is 11.5 Å². The Balaban J connectivity index is 2.08. The highest BCUT2D eigenvalue weighted by atomic mass is 35.5. The number of rotatable bonds is 4. The Hall–Kier alpha value is -0.970. The van der Waals surface area contributed by atoms with Crippen LogP contribution in [0.1, 0.15) is 18.9 Å². The van der Waals surface area contributed by atoms with Gasteiger partial charge in [-0.15, -0.1) is 0 Å². The summed E-state index contributed by atoms with van der Waals surface area (Å²) in [5.41, 5.74) is 1.07. The normalized spacial score (nSPS) is 21.1. The summed E-state index contributed by atoms with van der Waals surface area (Å²) in [4.78, 5) is 4.84. The number of aromatic hydroxyl groups is 1. The van der Waals surface area contributed by atoms with Gasteiger partial charge >= 0.3 is 0 Å². The van der Waals surface area contributed by atoms with Crippen LogP contribution < -0.4 is 4.74 Å². The third-order valence-corrected chi connectivity index (χ3v) is 4.33. The van der Waals surface area contributed by atoms with Crippen LogP contribution in [0.2, 0.25) is 5.02 Å². The molecule has 1 aromatic carbocycles. The zero-order valence-corrected chi connectivity index (χ0v) is 13.2. The molecule has 2 rings (SSSR count). The van der Waals surface area contributed by atoms with Gasteiger partial charge in [0, 0.05) is 32.2 Å². The summed E-state index contributed by atoms with van der Waals surface area (Å²) in [6.45, 7) is 6.26. The van der Waals surface area contributed by atoms with Crippen LogP contribution in [0.25, 0.3) is 0 Å². The Labute approximate surface area is 125 Å². The number of phenolic OH excluding ortho intramolecular Hbond substituents is 1. The van der Waals surface area contributed by atoms with Gasteiger partial charge in [-0.25, -0.2) is 0 Å². The summed E-state index contributed by atoms with van der Waals surface area (Å²) in [6.07, 6.45) is 1.16. The quantitative estimate of drug-likeness (QED) is 0.927. The first-order chi connectivity index (χ1) is 9.55. The zero-order chi connectivity index (χ0) is 14.7. The van der Waals surface area contributed by atoms with Crippen molar-refractivity contribution in [1.82, 2.24) is 9.80 Å². The lowest BCUT2D eigenvalue weighted by Crippen LogP contribution is -2.50. The molecule has 1 heterocycles. The molecule has 1 atom stereocenters. The first kappa shape index (κ1) is 15.4. The monoisotopic (exact) mass is 298 g/mol. The van der Waals surface area contributed by atoms with Crippen molar-refractivity contribution in [3.05, 3.63) is 22.7 Å². The number of hydrogen-bond acceptors (Lipinski definition) is 4. The van der Waals surface area contributed by atoms with Gasteiger partial charge in [-0.2, -0.15) is 0 Å². The van der Waals surface area contributed by atoms with Crippen LogP contribution in [-0.4, -0.2) is 54.7 Å². The Morgan fingerprint density at radius 3 is 2.80 bits per heavy atom. The molecule has 0 saturated carbocycles. The second-order valence-corrected chi connectivity index (χ2v) is 5.81. The van der Waals surface area contributed by atoms with Gasteiger partial charge in [-0.3, -0.25) is 4.90 Å². The van der Waals surface area contributed by atoms with Gasteiger partial charge in [-0.05, 0) is 31.2 Å². The van der Waals surface area contributed by atoms with Crippen molar-refractivity contribution < 1.29 is 9.84 Å². The molecule has 1 unspecified atom stereocenters. The maximum absolute atomic E-state index is 9.77. The van der Waals surface area contributed by atoms with E-state index in [1.807, 2.05) is 12.1 Å². The van der Waals surface area contributed by atoms with Crippen LogP contribution >= 0.6 is 11.6 Å². The van der Waals surface area contributed by atoms with Crippen molar-refractivity contribution >= 4 is 11.6 Å². The maximum Gasteiger partial charge on any atom is 0.176 e. The van der Waals surface area contributed by atoms with E-state index in [0.717, 1.165) is 38.2 Å². The standard InChI is InChI=1S/C15H23ClN2O2/c1-4-12-10-18(6-5-17(12)2)9-11-7-13(16)15(19)14(8-11)20-3/h7-8,12,19H,4-6,9-10H2,1-3H3. The Morgan fingerprint density at radius 2 is 2.15 bits per heavy atom. The fraction of sp³-hybridized carbons (Fsp3) is 0.600. The highest BCUT2D eigenvalue weighted by Gasteiger charge is 2.23. The number of methoxy groups -OCH3 is 1. The van der Waals surface area contributed by atoms with Crippen molar-refractivity contribution in [2.45, 2.75) is 25.9 Å². The largest absolute Gasteiger partial charge is 0.503 e. The molecule has 1 N–H and O–H groups in total. The summed E-state index contributed by atoms with van der Waals surface area (Å²) in [7, 11) is 3.73. The third kappa shape index (κ3) is 3.37. The molecule has 0 bridgehead atoms. The van der Waals surface area contributed by atoms with E-state index in [1.54, 1.807) is 0 Å². The second kappa shape index (κ2) is 6.66. The van der Waals surface area contributed by atoms with E-state index < -0.39 is 0 Å². The first-order valence-corrected chi connectivity index (χ1v) is 7.41. The molecule has 1 fully saturated rings. The topological polar surface area (TPSA) is 35.9 Å². The van der Waals surface area contributed by atoms with E-state index in [0.29, 0.717) is 16.8 Å². The Bertz CT molecular complexity index is 467. The van der Waals surface area contributed by atoms with E-state index in [9.17, 15) is 5.11 Å². The first-order valence-electron chi connectivity index (χ1n) is 7.03. The lowest BCUT2D eigenvalue weighted by molar-refractivity contribution is 0.0883. The lowest BCUT2D eigenvalue weighted by Gasteiger charge is -2.39. The molecule has 4 nitrogen and oxygen atoms in total. The number of halogens is 1. The predicted octanol–water partition coefficient (Wildman–Crippen LogP) is 2.58. The van der Waals surface area contributed by atoms with Crippen molar-refractivity contribution in [1.29, 1.82) is 0 Å². The number of nitrogens with zero attached hydrogens (tertiary/aromatic N) is 2. The van der Waals surface area contributed by atoms with Crippen molar-refractivity contribution in [3.63, 3.8) is 0 Å². The van der Waals surface area contributed by atoms with Gasteiger partial charge in [0.25, 0.3) is 0 Å². The van der Waals surface area contributed by atoms with E-state index in [-0.39, 0.29) is 5.75 Å². The predicted molar refractivity (Wildman–Crippen MR) is 81.7 cm³/mol. The molecule has 20 heavy (non-hydrogen) atoms. The zero-order valence-electron chi connectivity index (χ0n) is 12.4. The highest BCUT2D eigenvalue weighted by molar-refractivity contribution is 6.32. The van der Waals surface area contributed by atoms with Gasteiger partial charge in [-0.1, -0.05) is 18.5 Å². The minimum absolute atomic E-state index is 0.0164. The van der Waals surface area contributed by atoms with E-state index in [2.05, 4.69) is 23.8 Å². The number of benzene rings is 1. The number of likely N-dealkylation sites (N-methyl/N-ethyl adjacent to an activating group) is 1. The van der Waals surface area contributed by atoms with Crippen molar-refractivity contribution in [2.75, 3.05) is 33.8 Å². The minimum atomic E-state index is 0.0164. The Kier molecular flexibility index (Phi) is 5.13. The molecule has 112 valence electrons.